The minimum absolute atomic E-state index is 0.0943. The monoisotopic (exact) mass is 344 g/mol. The maximum atomic E-state index is 12.2. The first-order valence-electron chi connectivity index (χ1n) is 6.29. The Morgan fingerprint density at radius 2 is 2.05 bits per heavy atom. The van der Waals surface area contributed by atoms with Crippen LogP contribution in [0, 0.1) is 0 Å². The molecule has 2 aliphatic heterocycles. The number of nitrogens with zero attached hydrogens (tertiary/aromatic N) is 1. The number of urea groups is 1. The fourth-order valence-corrected chi connectivity index (χ4v) is 3.11. The van der Waals surface area contributed by atoms with E-state index in [0.717, 1.165) is 12.8 Å². The highest BCUT2D eigenvalue weighted by atomic mass is 79.9. The van der Waals surface area contributed by atoms with E-state index in [1.165, 1.54) is 0 Å². The van der Waals surface area contributed by atoms with Gasteiger partial charge in [0.05, 0.1) is 27.4 Å². The number of ether oxygens (including phenoxy) is 1. The Labute approximate surface area is 125 Å². The molecule has 2 saturated heterocycles. The maximum absolute atomic E-state index is 12.2. The van der Waals surface area contributed by atoms with E-state index in [4.69, 9.17) is 16.3 Å². The third-order valence-corrected chi connectivity index (χ3v) is 4.92. The van der Waals surface area contributed by atoms with Gasteiger partial charge in [0, 0.05) is 13.1 Å². The molecule has 0 spiro atoms. The second-order valence-corrected chi connectivity index (χ2v) is 6.09. The number of fused-ring (bicyclic) bond motifs is 2. The van der Waals surface area contributed by atoms with Gasteiger partial charge in [0.1, 0.15) is 0 Å². The van der Waals surface area contributed by atoms with Crippen LogP contribution >= 0.6 is 27.5 Å². The van der Waals surface area contributed by atoms with Crippen LogP contribution in [0.25, 0.3) is 0 Å². The van der Waals surface area contributed by atoms with Crippen molar-refractivity contribution in [3.05, 3.63) is 27.7 Å². The lowest BCUT2D eigenvalue weighted by Gasteiger charge is -2.32. The number of halogens is 2. The molecule has 2 atom stereocenters. The summed E-state index contributed by atoms with van der Waals surface area (Å²) in [6, 6.07) is 5.31. The van der Waals surface area contributed by atoms with Gasteiger partial charge in [0.2, 0.25) is 0 Å². The molecule has 2 unspecified atom stereocenters. The van der Waals surface area contributed by atoms with E-state index in [2.05, 4.69) is 21.2 Å². The van der Waals surface area contributed by atoms with Gasteiger partial charge in [0.25, 0.3) is 0 Å². The molecule has 2 aliphatic rings. The molecule has 2 bridgehead atoms. The number of nitrogens with one attached hydrogen (secondary N) is 1. The number of anilines is 1. The number of carbonyl (C=O) groups is 1. The minimum atomic E-state index is -0.0943. The normalized spacial score (nSPS) is 25.5. The van der Waals surface area contributed by atoms with E-state index < -0.39 is 0 Å². The Hall–Kier alpha value is -0.780. The first-order valence-corrected chi connectivity index (χ1v) is 7.46. The smallest absolute Gasteiger partial charge is 0.322 e. The molecule has 0 saturated carbocycles. The van der Waals surface area contributed by atoms with Crippen molar-refractivity contribution >= 4 is 39.2 Å². The van der Waals surface area contributed by atoms with Gasteiger partial charge in [-0.15, -0.1) is 0 Å². The predicted molar refractivity (Wildman–Crippen MR) is 77.6 cm³/mol. The van der Waals surface area contributed by atoms with Crippen LogP contribution in [0.2, 0.25) is 5.02 Å². The number of carbonyl (C=O) groups excluding carboxylic acids is 1. The van der Waals surface area contributed by atoms with Crippen LogP contribution in [-0.2, 0) is 4.74 Å². The zero-order chi connectivity index (χ0) is 13.4. The van der Waals surface area contributed by atoms with Crippen molar-refractivity contribution in [2.45, 2.75) is 25.0 Å². The average molecular weight is 346 g/mol. The van der Waals surface area contributed by atoms with E-state index in [1.54, 1.807) is 6.07 Å². The molecule has 3 rings (SSSR count). The fourth-order valence-electron chi connectivity index (χ4n) is 2.58. The van der Waals surface area contributed by atoms with Gasteiger partial charge < -0.3 is 15.0 Å². The second-order valence-electron chi connectivity index (χ2n) is 4.89. The van der Waals surface area contributed by atoms with Crippen LogP contribution in [0.5, 0.6) is 0 Å². The summed E-state index contributed by atoms with van der Waals surface area (Å²) in [7, 11) is 0. The van der Waals surface area contributed by atoms with Crippen LogP contribution in [0.15, 0.2) is 22.7 Å². The lowest BCUT2D eigenvalue weighted by Crippen LogP contribution is -2.47. The first kappa shape index (κ1) is 13.2. The summed E-state index contributed by atoms with van der Waals surface area (Å²) < 4.78 is 6.43. The Morgan fingerprint density at radius 3 is 2.74 bits per heavy atom. The summed E-state index contributed by atoms with van der Waals surface area (Å²) in [5, 5.41) is 3.47. The number of amides is 2. The van der Waals surface area contributed by atoms with Crippen molar-refractivity contribution < 1.29 is 9.53 Å². The van der Waals surface area contributed by atoms with Gasteiger partial charge >= 0.3 is 6.03 Å². The molecule has 2 amide bonds. The molecule has 4 nitrogen and oxygen atoms in total. The largest absolute Gasteiger partial charge is 0.371 e. The van der Waals surface area contributed by atoms with Crippen LogP contribution < -0.4 is 5.32 Å². The van der Waals surface area contributed by atoms with E-state index in [1.807, 2.05) is 17.0 Å². The molecule has 0 aromatic heterocycles. The topological polar surface area (TPSA) is 41.6 Å². The van der Waals surface area contributed by atoms with Crippen LogP contribution in [0.4, 0.5) is 10.5 Å². The van der Waals surface area contributed by atoms with Gasteiger partial charge in [-0.05, 0) is 40.9 Å². The van der Waals surface area contributed by atoms with E-state index in [0.29, 0.717) is 28.3 Å². The second kappa shape index (κ2) is 5.31. The quantitative estimate of drug-likeness (QED) is 0.846. The molecule has 0 radical (unpaired) electrons. The predicted octanol–water partition coefficient (Wildman–Crippen LogP) is 3.50. The number of morpholine rings is 1. The summed E-state index contributed by atoms with van der Waals surface area (Å²) in [6.45, 7) is 1.33. The number of rotatable bonds is 1. The van der Waals surface area contributed by atoms with Gasteiger partial charge in [0.15, 0.2) is 0 Å². The van der Waals surface area contributed by atoms with Crippen molar-refractivity contribution in [1.82, 2.24) is 4.90 Å². The Morgan fingerprint density at radius 1 is 1.37 bits per heavy atom. The van der Waals surface area contributed by atoms with Crippen LogP contribution in [-0.4, -0.2) is 36.2 Å². The summed E-state index contributed by atoms with van der Waals surface area (Å²) in [5.41, 5.74) is 0.691. The highest BCUT2D eigenvalue weighted by molar-refractivity contribution is 9.10. The van der Waals surface area contributed by atoms with E-state index in [9.17, 15) is 4.79 Å². The third-order valence-electron chi connectivity index (χ3n) is 3.52. The van der Waals surface area contributed by atoms with Crippen molar-refractivity contribution in [3.63, 3.8) is 0 Å². The van der Waals surface area contributed by atoms with E-state index >= 15 is 0 Å². The molecule has 2 fully saturated rings. The molecule has 1 N–H and O–H groups in total. The highest BCUT2D eigenvalue weighted by Crippen LogP contribution is 2.31. The third kappa shape index (κ3) is 2.73. The summed E-state index contributed by atoms with van der Waals surface area (Å²) in [6.07, 6.45) is 2.50. The van der Waals surface area contributed by atoms with E-state index in [-0.39, 0.29) is 18.2 Å². The maximum Gasteiger partial charge on any atom is 0.322 e. The standard InChI is InChI=1S/C13H14BrClN2O2/c14-12-10(15)2-1-3-11(12)16-13(18)17-6-8-4-5-9(7-17)19-8/h1-3,8-9H,4-7H2,(H,16,18). The van der Waals surface area contributed by atoms with Gasteiger partial charge in [-0.2, -0.15) is 0 Å². The number of hydrogen-bond donors (Lipinski definition) is 1. The van der Waals surface area contributed by atoms with Crippen molar-refractivity contribution in [2.75, 3.05) is 18.4 Å². The molecule has 102 valence electrons. The summed E-state index contributed by atoms with van der Waals surface area (Å²) >= 11 is 9.39. The zero-order valence-electron chi connectivity index (χ0n) is 10.2. The lowest BCUT2D eigenvalue weighted by molar-refractivity contribution is -0.0219. The van der Waals surface area contributed by atoms with Gasteiger partial charge in [-0.3, -0.25) is 0 Å². The number of benzene rings is 1. The fraction of sp³-hybridized carbons (Fsp3) is 0.462. The average Bonchev–Trinajstić information content (AvgIpc) is 2.73. The van der Waals surface area contributed by atoms with Crippen molar-refractivity contribution in [2.24, 2.45) is 0 Å². The molecule has 2 heterocycles. The molecule has 19 heavy (non-hydrogen) atoms. The molecular formula is C13H14BrClN2O2. The van der Waals surface area contributed by atoms with Crippen LogP contribution in [0.1, 0.15) is 12.8 Å². The van der Waals surface area contributed by atoms with Gasteiger partial charge in [-0.1, -0.05) is 17.7 Å². The number of hydrogen-bond acceptors (Lipinski definition) is 2. The summed E-state index contributed by atoms with van der Waals surface area (Å²) in [4.78, 5) is 14.1. The SMILES string of the molecule is O=C(Nc1cccc(Cl)c1Br)N1CC2CCC(C1)O2. The van der Waals surface area contributed by atoms with Crippen LogP contribution in [0.3, 0.4) is 0 Å². The Bertz CT molecular complexity index is 499. The Kier molecular flexibility index (Phi) is 3.69. The molecular weight excluding hydrogens is 332 g/mol. The molecule has 1 aromatic carbocycles. The van der Waals surface area contributed by atoms with Gasteiger partial charge in [-0.25, -0.2) is 4.79 Å². The minimum Gasteiger partial charge on any atom is -0.371 e. The van der Waals surface area contributed by atoms with Crippen molar-refractivity contribution in [3.8, 4) is 0 Å². The Balaban J connectivity index is 1.69. The molecule has 0 aliphatic carbocycles. The summed E-state index contributed by atoms with van der Waals surface area (Å²) in [5.74, 6) is 0. The molecule has 6 heteroatoms. The highest BCUT2D eigenvalue weighted by Gasteiger charge is 2.35. The van der Waals surface area contributed by atoms with Crippen molar-refractivity contribution in [1.29, 1.82) is 0 Å². The molecule has 1 aromatic rings. The lowest BCUT2D eigenvalue weighted by atomic mass is 10.2. The first-order chi connectivity index (χ1) is 9.13. The zero-order valence-corrected chi connectivity index (χ0v) is 12.6. The number of likely N-dealkylation sites (tertiary alicyclic amines) is 1.